The molecule has 1 aliphatic heterocycles. The van der Waals surface area contributed by atoms with Gasteiger partial charge in [-0.2, -0.15) is 0 Å². The van der Waals surface area contributed by atoms with Crippen molar-refractivity contribution >= 4 is 45.2 Å². The van der Waals surface area contributed by atoms with Crippen LogP contribution >= 0.6 is 15.9 Å². The number of benzene rings is 1. The number of imide groups is 1. The second-order valence-corrected chi connectivity index (χ2v) is 8.32. The van der Waals surface area contributed by atoms with E-state index in [0.717, 1.165) is 9.37 Å². The van der Waals surface area contributed by atoms with Crippen molar-refractivity contribution in [3.63, 3.8) is 0 Å². The van der Waals surface area contributed by atoms with Crippen LogP contribution in [-0.2, 0) is 9.59 Å². The molecule has 0 radical (unpaired) electrons. The van der Waals surface area contributed by atoms with Gasteiger partial charge in [-0.3, -0.25) is 14.5 Å². The molecule has 0 N–H and O–H groups in total. The van der Waals surface area contributed by atoms with Crippen LogP contribution in [-0.4, -0.2) is 29.9 Å². The summed E-state index contributed by atoms with van der Waals surface area (Å²) in [4.78, 5) is 43.5. The number of amides is 3. The molecule has 3 amide bonds. The van der Waals surface area contributed by atoms with Crippen molar-refractivity contribution in [1.29, 1.82) is 0 Å². The van der Waals surface area contributed by atoms with Crippen molar-refractivity contribution in [2.45, 2.75) is 26.7 Å². The Bertz CT molecular complexity index is 907. The topological polar surface area (TPSA) is 79.8 Å². The van der Waals surface area contributed by atoms with E-state index in [-0.39, 0.29) is 36.0 Å². The molecule has 28 heavy (non-hydrogen) atoms. The summed E-state index contributed by atoms with van der Waals surface area (Å²) in [7, 11) is 1.59. The lowest BCUT2D eigenvalue weighted by molar-refractivity contribution is -0.132. The van der Waals surface area contributed by atoms with Crippen LogP contribution in [0.1, 0.15) is 26.7 Å². The zero-order chi connectivity index (χ0) is 20.5. The van der Waals surface area contributed by atoms with Gasteiger partial charge in [-0.25, -0.2) is 14.7 Å². The van der Waals surface area contributed by atoms with Gasteiger partial charge in [-0.05, 0) is 29.7 Å². The van der Waals surface area contributed by atoms with Gasteiger partial charge in [-0.15, -0.1) is 0 Å². The van der Waals surface area contributed by atoms with E-state index in [9.17, 15) is 14.4 Å². The molecule has 8 heteroatoms. The minimum Gasteiger partial charge on any atom is -0.391 e. The van der Waals surface area contributed by atoms with E-state index in [0.29, 0.717) is 11.4 Å². The summed E-state index contributed by atoms with van der Waals surface area (Å²) in [6, 6.07) is 10.2. The van der Waals surface area contributed by atoms with E-state index in [1.54, 1.807) is 25.2 Å². The van der Waals surface area contributed by atoms with Gasteiger partial charge < -0.3 is 4.74 Å². The van der Waals surface area contributed by atoms with E-state index in [4.69, 9.17) is 4.74 Å². The third-order valence-corrected chi connectivity index (χ3v) is 4.89. The zero-order valence-electron chi connectivity index (χ0n) is 15.8. The Labute approximate surface area is 171 Å². The maximum absolute atomic E-state index is 12.3. The molecular formula is C20H20BrN3O4. The molecule has 1 aliphatic rings. The molecule has 0 spiro atoms. The average Bonchev–Trinajstić information content (AvgIpc) is 2.60. The van der Waals surface area contributed by atoms with Crippen LogP contribution in [0.25, 0.3) is 0 Å². The molecule has 2 heterocycles. The Balaban J connectivity index is 1.70. The number of halogens is 1. The number of anilines is 2. The molecule has 0 unspecified atom stereocenters. The first-order valence-electron chi connectivity index (χ1n) is 8.69. The van der Waals surface area contributed by atoms with Crippen molar-refractivity contribution in [2.75, 3.05) is 16.8 Å². The lowest BCUT2D eigenvalue weighted by atomic mass is 9.81. The summed E-state index contributed by atoms with van der Waals surface area (Å²) in [6.45, 7) is 3.78. The number of carbonyl (C=O) groups excluding carboxylic acids is 3. The van der Waals surface area contributed by atoms with Gasteiger partial charge in [0.15, 0.2) is 0 Å². The highest BCUT2D eigenvalue weighted by Crippen LogP contribution is 2.34. The molecule has 0 bridgehead atoms. The van der Waals surface area contributed by atoms with Crippen LogP contribution in [0.5, 0.6) is 5.88 Å². The molecule has 3 rings (SSSR count). The van der Waals surface area contributed by atoms with Crippen LogP contribution in [0, 0.1) is 5.41 Å². The quantitative estimate of drug-likeness (QED) is 0.662. The van der Waals surface area contributed by atoms with Gasteiger partial charge >= 0.3 is 6.09 Å². The van der Waals surface area contributed by atoms with Gasteiger partial charge in [0.1, 0.15) is 0 Å². The zero-order valence-corrected chi connectivity index (χ0v) is 17.4. The van der Waals surface area contributed by atoms with Crippen molar-refractivity contribution in [3.8, 4) is 5.88 Å². The summed E-state index contributed by atoms with van der Waals surface area (Å²) in [5, 5.41) is 0. The fourth-order valence-corrected chi connectivity index (χ4v) is 3.37. The van der Waals surface area contributed by atoms with E-state index < -0.39 is 6.09 Å². The van der Waals surface area contributed by atoms with E-state index >= 15 is 0 Å². The van der Waals surface area contributed by atoms with Crippen LogP contribution in [0.3, 0.4) is 0 Å². The highest BCUT2D eigenvalue weighted by molar-refractivity contribution is 9.10. The van der Waals surface area contributed by atoms with E-state index in [1.165, 1.54) is 17.2 Å². The van der Waals surface area contributed by atoms with Gasteiger partial charge in [0.05, 0.1) is 11.9 Å². The van der Waals surface area contributed by atoms with Crippen LogP contribution in [0.2, 0.25) is 0 Å². The number of piperidine rings is 1. The van der Waals surface area contributed by atoms with Crippen LogP contribution < -0.4 is 14.5 Å². The number of rotatable bonds is 3. The minimum atomic E-state index is -0.606. The third-order valence-electron chi connectivity index (χ3n) is 4.40. The maximum Gasteiger partial charge on any atom is 0.420 e. The molecular weight excluding hydrogens is 426 g/mol. The number of ether oxygens (including phenoxy) is 1. The average molecular weight is 446 g/mol. The first kappa shape index (κ1) is 20.0. The summed E-state index contributed by atoms with van der Waals surface area (Å²) in [6.07, 6.45) is 1.32. The standard InChI is InChI=1S/C20H20BrN3O4/c1-20(2)10-17(25)24(18(26)11-20)15-7-8-16(22-12-15)28-19(27)23(3)14-6-4-5-13(21)9-14/h4-9,12H,10-11H2,1-3H3. The first-order valence-corrected chi connectivity index (χ1v) is 9.48. The van der Waals surface area contributed by atoms with Gasteiger partial charge in [-0.1, -0.05) is 35.8 Å². The SMILES string of the molecule is CN(C(=O)Oc1ccc(N2C(=O)CC(C)(C)CC2=O)cn1)c1cccc(Br)c1. The lowest BCUT2D eigenvalue weighted by Gasteiger charge is -2.34. The molecule has 0 aliphatic carbocycles. The monoisotopic (exact) mass is 445 g/mol. The molecule has 1 aromatic carbocycles. The highest BCUT2D eigenvalue weighted by Gasteiger charge is 2.38. The number of hydrogen-bond acceptors (Lipinski definition) is 5. The number of aromatic nitrogens is 1. The minimum absolute atomic E-state index is 0.0767. The largest absolute Gasteiger partial charge is 0.420 e. The van der Waals surface area contributed by atoms with Crippen LogP contribution in [0.4, 0.5) is 16.2 Å². The molecule has 7 nitrogen and oxygen atoms in total. The van der Waals surface area contributed by atoms with E-state index in [2.05, 4.69) is 20.9 Å². The summed E-state index contributed by atoms with van der Waals surface area (Å²) in [5.74, 6) is -0.447. The lowest BCUT2D eigenvalue weighted by Crippen LogP contribution is -2.46. The molecule has 1 saturated heterocycles. The Morgan fingerprint density at radius 3 is 2.43 bits per heavy atom. The normalized spacial score (nSPS) is 16.1. The van der Waals surface area contributed by atoms with Crippen LogP contribution in [0.15, 0.2) is 47.1 Å². The fraction of sp³-hybridized carbons (Fsp3) is 0.300. The summed E-state index contributed by atoms with van der Waals surface area (Å²) in [5.41, 5.74) is 0.679. The molecule has 0 atom stereocenters. The number of nitrogens with zero attached hydrogens (tertiary/aromatic N) is 3. The number of pyridine rings is 1. The number of carbonyl (C=O) groups is 3. The smallest absolute Gasteiger partial charge is 0.391 e. The molecule has 1 aromatic heterocycles. The third kappa shape index (κ3) is 4.39. The van der Waals surface area contributed by atoms with Crippen molar-refractivity contribution in [2.24, 2.45) is 5.41 Å². The van der Waals surface area contributed by atoms with E-state index in [1.807, 2.05) is 26.0 Å². The van der Waals surface area contributed by atoms with Crippen molar-refractivity contribution in [1.82, 2.24) is 4.98 Å². The fourth-order valence-electron chi connectivity index (χ4n) is 2.98. The first-order chi connectivity index (χ1) is 13.2. The summed E-state index contributed by atoms with van der Waals surface area (Å²) < 4.78 is 6.11. The second-order valence-electron chi connectivity index (χ2n) is 7.40. The Hall–Kier alpha value is -2.74. The predicted octanol–water partition coefficient (Wildman–Crippen LogP) is 4.16. The van der Waals surface area contributed by atoms with Gasteiger partial charge in [0.25, 0.3) is 0 Å². The maximum atomic E-state index is 12.3. The van der Waals surface area contributed by atoms with Gasteiger partial charge in [0, 0.05) is 36.1 Å². The Morgan fingerprint density at radius 1 is 1.18 bits per heavy atom. The van der Waals surface area contributed by atoms with Gasteiger partial charge in [0.2, 0.25) is 17.7 Å². The summed E-state index contributed by atoms with van der Waals surface area (Å²) >= 11 is 3.36. The Kier molecular flexibility index (Phi) is 5.51. The molecule has 2 aromatic rings. The molecule has 1 fully saturated rings. The Morgan fingerprint density at radius 2 is 1.86 bits per heavy atom. The van der Waals surface area contributed by atoms with Crippen molar-refractivity contribution in [3.05, 3.63) is 47.1 Å². The highest BCUT2D eigenvalue weighted by atomic mass is 79.9. The second kappa shape index (κ2) is 7.71. The van der Waals surface area contributed by atoms with Crippen molar-refractivity contribution < 1.29 is 19.1 Å². The molecule has 146 valence electrons. The molecule has 0 saturated carbocycles. The number of hydrogen-bond donors (Lipinski definition) is 0. The predicted molar refractivity (Wildman–Crippen MR) is 108 cm³/mol.